The van der Waals surface area contributed by atoms with E-state index in [0.717, 1.165) is 24.8 Å². The molecule has 2 bridgehead atoms. The number of aromatic nitrogens is 2. The number of benzene rings is 1. The van der Waals surface area contributed by atoms with Crippen LogP contribution in [0.1, 0.15) is 69.5 Å². The fraction of sp³-hybridized carbons (Fsp3) is 0.640. The lowest BCUT2D eigenvalue weighted by Gasteiger charge is -2.38. The Labute approximate surface area is 208 Å². The number of carbonyl (C=O) groups is 1. The molecule has 3 fully saturated rings. The van der Waals surface area contributed by atoms with Crippen molar-refractivity contribution in [1.29, 1.82) is 0 Å². The van der Waals surface area contributed by atoms with Crippen LogP contribution in [0.25, 0.3) is 0 Å². The molecule has 3 atom stereocenters. The Bertz CT molecular complexity index is 1070. The summed E-state index contributed by atoms with van der Waals surface area (Å²) in [7, 11) is -2.08. The van der Waals surface area contributed by atoms with Gasteiger partial charge in [-0.15, -0.1) is 10.2 Å². The van der Waals surface area contributed by atoms with E-state index in [2.05, 4.69) is 44.1 Å². The van der Waals surface area contributed by atoms with Crippen molar-refractivity contribution in [2.45, 2.75) is 83.0 Å². The average molecular weight is 500 g/mol. The van der Waals surface area contributed by atoms with Crippen LogP contribution in [-0.2, 0) is 15.9 Å². The van der Waals surface area contributed by atoms with Crippen molar-refractivity contribution in [3.8, 4) is 0 Å². The molecule has 1 aromatic carbocycles. The van der Waals surface area contributed by atoms with Crippen molar-refractivity contribution in [3.63, 3.8) is 0 Å². The molecule has 2 aromatic rings. The third-order valence-electron chi connectivity index (χ3n) is 8.35. The predicted octanol–water partition coefficient (Wildman–Crippen LogP) is 4.55. The summed E-state index contributed by atoms with van der Waals surface area (Å²) >= 11 is 0. The number of piperidine rings is 1. The van der Waals surface area contributed by atoms with E-state index in [9.17, 15) is 4.79 Å². The highest BCUT2D eigenvalue weighted by Crippen LogP contribution is 2.61. The van der Waals surface area contributed by atoms with E-state index in [1.165, 1.54) is 0 Å². The average Bonchev–Trinajstić information content (AvgIpc) is 3.29. The highest BCUT2D eigenvalue weighted by Gasteiger charge is 2.64. The minimum absolute atomic E-state index is 0.0329. The summed E-state index contributed by atoms with van der Waals surface area (Å²) in [6.07, 6.45) is 2.48. The van der Waals surface area contributed by atoms with Crippen molar-refractivity contribution >= 4 is 14.3 Å². The van der Waals surface area contributed by atoms with Crippen molar-refractivity contribution in [1.82, 2.24) is 20.2 Å². The molecule has 10 heteroatoms. The van der Waals surface area contributed by atoms with Crippen LogP contribution < -0.4 is 5.73 Å². The molecule has 1 unspecified atom stereocenters. The maximum atomic E-state index is 13.4. The topological polar surface area (TPSA) is 107 Å². The second kappa shape index (κ2) is 8.69. The highest BCUT2D eigenvalue weighted by atomic mass is 28.4. The number of hydrogen-bond acceptors (Lipinski definition) is 7. The number of fused-ring (bicyclic) bond motifs is 3. The molecule has 35 heavy (non-hydrogen) atoms. The Hall–Kier alpha value is -2.27. The number of amides is 2. The second-order valence-corrected chi connectivity index (χ2v) is 16.5. The summed E-state index contributed by atoms with van der Waals surface area (Å²) in [4.78, 5) is 21.3. The number of nitrogens with two attached hydrogens (primary N) is 1. The zero-order valence-corrected chi connectivity index (χ0v) is 22.4. The van der Waals surface area contributed by atoms with E-state index in [1.807, 2.05) is 35.2 Å². The summed E-state index contributed by atoms with van der Waals surface area (Å²) < 4.78 is 12.6. The summed E-state index contributed by atoms with van der Waals surface area (Å²) in [5.74, 6) is 0.850. The number of nitrogens with zero attached hydrogens (tertiary/aromatic N) is 4. The zero-order valence-electron chi connectivity index (χ0n) is 21.4. The van der Waals surface area contributed by atoms with Gasteiger partial charge in [0.25, 0.3) is 0 Å². The standard InChI is InChI=1S/C25H37N5O4Si/c1-24(2,3)35(4,5)34-19(14-26)22-28-27-21(33-22)18-13-25(11-12-25)20-15-29(18)23(31)30(20)32-16-17-9-7-6-8-10-17/h6-10,18-20H,11-16,26H2,1-5H3/t18-,19-,20?/m0/s1. The molecule has 1 aliphatic carbocycles. The van der Waals surface area contributed by atoms with Crippen LogP contribution in [0.15, 0.2) is 34.7 Å². The van der Waals surface area contributed by atoms with E-state index in [1.54, 1.807) is 5.06 Å². The summed E-state index contributed by atoms with van der Waals surface area (Å²) in [6, 6.07) is 9.58. The lowest BCUT2D eigenvalue weighted by atomic mass is 9.85. The third kappa shape index (κ3) is 4.41. The molecule has 3 heterocycles. The van der Waals surface area contributed by atoms with Crippen LogP contribution >= 0.6 is 0 Å². The molecule has 2 aliphatic heterocycles. The molecule has 1 saturated carbocycles. The van der Waals surface area contributed by atoms with E-state index in [0.29, 0.717) is 24.9 Å². The van der Waals surface area contributed by atoms with Crippen molar-refractivity contribution in [2.75, 3.05) is 13.1 Å². The molecule has 9 nitrogen and oxygen atoms in total. The van der Waals surface area contributed by atoms with Crippen molar-refractivity contribution < 1.29 is 18.5 Å². The van der Waals surface area contributed by atoms with Crippen LogP contribution in [0.3, 0.4) is 0 Å². The lowest BCUT2D eigenvalue weighted by molar-refractivity contribution is -0.153. The SMILES string of the molecule is CC(C)(C)[Si](C)(C)O[C@@H](CN)c1nnc([C@@H]2CC3(CC3)C3CN2C(=O)N3OCc2ccccc2)o1. The lowest BCUT2D eigenvalue weighted by Crippen LogP contribution is -2.43. The maximum absolute atomic E-state index is 13.4. The molecule has 1 aromatic heterocycles. The monoisotopic (exact) mass is 499 g/mol. The van der Waals surface area contributed by atoms with Gasteiger partial charge in [0.15, 0.2) is 8.32 Å². The molecular formula is C25H37N5O4Si. The fourth-order valence-corrected chi connectivity index (χ4v) is 6.22. The first-order chi connectivity index (χ1) is 16.5. The van der Waals surface area contributed by atoms with E-state index in [4.69, 9.17) is 19.4 Å². The van der Waals surface area contributed by atoms with E-state index < -0.39 is 14.4 Å². The first kappa shape index (κ1) is 24.4. The Morgan fingerprint density at radius 3 is 2.57 bits per heavy atom. The molecule has 2 saturated heterocycles. The third-order valence-corrected chi connectivity index (χ3v) is 12.8. The number of hydrogen-bond donors (Lipinski definition) is 1. The quantitative estimate of drug-likeness (QED) is 0.531. The molecule has 5 rings (SSSR count). The van der Waals surface area contributed by atoms with Gasteiger partial charge in [-0.2, -0.15) is 5.06 Å². The van der Waals surface area contributed by atoms with Gasteiger partial charge in [-0.25, -0.2) is 4.79 Å². The van der Waals surface area contributed by atoms with Crippen LogP contribution in [0.4, 0.5) is 4.79 Å². The normalized spacial score (nSPS) is 24.3. The van der Waals surface area contributed by atoms with Crippen LogP contribution in [0, 0.1) is 5.41 Å². The molecule has 2 N–H and O–H groups in total. The number of carbonyl (C=O) groups excluding carboxylic acids is 1. The summed E-state index contributed by atoms with van der Waals surface area (Å²) in [5, 5.41) is 10.3. The fourth-order valence-electron chi connectivity index (χ4n) is 4.96. The predicted molar refractivity (Wildman–Crippen MR) is 132 cm³/mol. The van der Waals surface area contributed by atoms with Crippen LogP contribution in [0.5, 0.6) is 0 Å². The van der Waals surface area contributed by atoms with Gasteiger partial charge in [-0.3, -0.25) is 4.84 Å². The molecule has 0 radical (unpaired) electrons. The Balaban J connectivity index is 1.33. The Morgan fingerprint density at radius 2 is 1.94 bits per heavy atom. The molecular weight excluding hydrogens is 462 g/mol. The van der Waals surface area contributed by atoms with Gasteiger partial charge in [-0.1, -0.05) is 51.1 Å². The smallest absolute Gasteiger partial charge is 0.345 e. The first-order valence-electron chi connectivity index (χ1n) is 12.5. The van der Waals surface area contributed by atoms with E-state index in [-0.39, 0.29) is 35.1 Å². The van der Waals surface area contributed by atoms with Gasteiger partial charge >= 0.3 is 6.03 Å². The minimum Gasteiger partial charge on any atom is -0.420 e. The van der Waals surface area contributed by atoms with Gasteiger partial charge < -0.3 is 19.5 Å². The molecule has 190 valence electrons. The van der Waals surface area contributed by atoms with Crippen molar-refractivity contribution in [2.24, 2.45) is 11.1 Å². The van der Waals surface area contributed by atoms with Crippen LogP contribution in [-0.4, -0.2) is 53.6 Å². The largest absolute Gasteiger partial charge is 0.420 e. The summed E-state index contributed by atoms with van der Waals surface area (Å²) in [5.41, 5.74) is 7.14. The minimum atomic E-state index is -2.08. The van der Waals surface area contributed by atoms with Gasteiger partial charge in [0.05, 0.1) is 6.04 Å². The van der Waals surface area contributed by atoms with Gasteiger partial charge in [0, 0.05) is 13.1 Å². The van der Waals surface area contributed by atoms with Crippen LogP contribution in [0.2, 0.25) is 18.1 Å². The molecule has 2 amide bonds. The maximum Gasteiger partial charge on any atom is 0.345 e. The van der Waals surface area contributed by atoms with Gasteiger partial charge in [0.2, 0.25) is 11.8 Å². The Morgan fingerprint density at radius 1 is 1.23 bits per heavy atom. The summed E-state index contributed by atoms with van der Waals surface area (Å²) in [6.45, 7) is 12.1. The Kier molecular flexibility index (Phi) is 6.06. The first-order valence-corrected chi connectivity index (χ1v) is 15.4. The molecule has 1 spiro atoms. The number of urea groups is 1. The van der Waals surface area contributed by atoms with E-state index >= 15 is 0 Å². The number of hydroxylamine groups is 2. The van der Waals surface area contributed by atoms with Crippen molar-refractivity contribution in [3.05, 3.63) is 47.7 Å². The van der Waals surface area contributed by atoms with Gasteiger partial charge in [0.1, 0.15) is 18.8 Å². The van der Waals surface area contributed by atoms with Gasteiger partial charge in [-0.05, 0) is 48.4 Å². The second-order valence-electron chi connectivity index (χ2n) is 11.7. The number of rotatable bonds is 8. The molecule has 3 aliphatic rings. The zero-order chi connectivity index (χ0) is 25.0. The highest BCUT2D eigenvalue weighted by molar-refractivity contribution is 6.74.